The molecule has 160 valence electrons. The Hall–Kier alpha value is -3.46. The third-order valence-electron chi connectivity index (χ3n) is 5.49. The molecule has 2 N–H and O–H groups in total. The number of benzene rings is 2. The van der Waals surface area contributed by atoms with Gasteiger partial charge in [-0.05, 0) is 30.0 Å². The zero-order valence-electron chi connectivity index (χ0n) is 17.3. The van der Waals surface area contributed by atoms with Crippen molar-refractivity contribution in [2.24, 2.45) is 0 Å². The summed E-state index contributed by atoms with van der Waals surface area (Å²) in [5.74, 6) is 0.108. The van der Waals surface area contributed by atoms with Crippen molar-refractivity contribution in [2.75, 3.05) is 33.2 Å². The molecule has 8 heteroatoms. The van der Waals surface area contributed by atoms with E-state index in [0.717, 1.165) is 23.9 Å². The topological polar surface area (TPSA) is 98.5 Å². The summed E-state index contributed by atoms with van der Waals surface area (Å²) >= 11 is 0. The average Bonchev–Trinajstić information content (AvgIpc) is 2.78. The molecule has 1 heterocycles. The van der Waals surface area contributed by atoms with Crippen molar-refractivity contribution in [3.63, 3.8) is 0 Å². The van der Waals surface area contributed by atoms with Crippen LogP contribution in [0.2, 0.25) is 0 Å². The van der Waals surface area contributed by atoms with E-state index < -0.39 is 6.09 Å². The maximum Gasteiger partial charge on any atom is 0.415 e. The summed E-state index contributed by atoms with van der Waals surface area (Å²) in [6.45, 7) is 6.55. The van der Waals surface area contributed by atoms with Crippen LogP contribution in [0, 0.1) is 10.4 Å². The van der Waals surface area contributed by atoms with Gasteiger partial charge in [-0.15, -0.1) is 0 Å². The lowest BCUT2D eigenvalue weighted by Gasteiger charge is -2.31. The fourth-order valence-electron chi connectivity index (χ4n) is 3.66. The molecule has 0 unspecified atom stereocenters. The highest BCUT2D eigenvalue weighted by molar-refractivity contribution is 6.12. The monoisotopic (exact) mass is 420 g/mol. The fraction of sp³-hybridized carbons (Fsp3) is 0.217. The van der Waals surface area contributed by atoms with Crippen molar-refractivity contribution in [2.45, 2.75) is 0 Å². The van der Waals surface area contributed by atoms with Crippen LogP contribution in [0.1, 0.15) is 0 Å². The Labute approximate surface area is 180 Å². The van der Waals surface area contributed by atoms with Gasteiger partial charge in [-0.3, -0.25) is 0 Å². The summed E-state index contributed by atoms with van der Waals surface area (Å²) in [6, 6.07) is 10.8. The second-order valence-electron chi connectivity index (χ2n) is 7.59. The Morgan fingerprint density at radius 3 is 2.52 bits per heavy atom. The predicted molar refractivity (Wildman–Crippen MR) is 119 cm³/mol. The van der Waals surface area contributed by atoms with Gasteiger partial charge >= 0.3 is 6.09 Å². The Balaban J connectivity index is 1.71. The quantitative estimate of drug-likeness (QED) is 0.356. The fourth-order valence-corrected chi connectivity index (χ4v) is 3.66. The first-order valence-electron chi connectivity index (χ1n) is 10.0. The zero-order valence-corrected chi connectivity index (χ0v) is 17.3. The van der Waals surface area contributed by atoms with Gasteiger partial charge in [0.15, 0.2) is 0 Å². The number of allylic oxidation sites excluding steroid dienone is 4. The van der Waals surface area contributed by atoms with Crippen molar-refractivity contribution < 1.29 is 19.8 Å². The van der Waals surface area contributed by atoms with Crippen molar-refractivity contribution in [1.82, 2.24) is 9.80 Å². The number of carbonyl (C=O) groups excluding carboxylic acids is 1. The molecule has 2 aromatic carbocycles. The smallest absolute Gasteiger partial charge is 0.415 e. The molecule has 1 fully saturated rings. The number of likely N-dealkylation sites (N-methyl/N-ethyl adjacent to an activating group) is 1. The standard InChI is InChI=1S/C23H24N4O4/c1-16-6-5-9-21(31-23(28)26-12-10-25(2)11-13-26)22(16)27(30)20-15-18-8-4-3-7-17(18)14-19(20)24-29/h3-9,14-15H,1,10-13,24H2,2H3/b27-22-. The van der Waals surface area contributed by atoms with Crippen molar-refractivity contribution in [3.8, 4) is 0 Å². The molecule has 0 atom stereocenters. The van der Waals surface area contributed by atoms with Crippen LogP contribution in [0.3, 0.4) is 0 Å². The SMILES string of the molecule is C=C1C=CC=C(OC(=O)N2CCN(C)CC2)/C1=[N+](\[O-])c1cc2ccccc2cc1[NH2+][O-]. The molecule has 4 rings (SSSR count). The third kappa shape index (κ3) is 4.22. The van der Waals surface area contributed by atoms with Crippen LogP contribution in [0.5, 0.6) is 0 Å². The molecule has 0 bridgehead atoms. The number of amides is 1. The molecule has 0 aromatic heterocycles. The number of hydrogen-bond acceptors (Lipinski definition) is 5. The number of piperazine rings is 1. The number of ether oxygens (including phenoxy) is 1. The van der Waals surface area contributed by atoms with Crippen LogP contribution in [-0.2, 0) is 4.74 Å². The highest BCUT2D eigenvalue weighted by Crippen LogP contribution is 2.29. The molecule has 0 radical (unpaired) electrons. The highest BCUT2D eigenvalue weighted by Gasteiger charge is 2.30. The maximum absolute atomic E-state index is 13.4. The first-order valence-corrected chi connectivity index (χ1v) is 10.0. The van der Waals surface area contributed by atoms with E-state index in [1.807, 2.05) is 31.3 Å². The molecule has 0 saturated carbocycles. The first kappa shape index (κ1) is 20.8. The van der Waals surface area contributed by atoms with Gasteiger partial charge in [0, 0.05) is 43.9 Å². The number of carbonyl (C=O) groups is 1. The Morgan fingerprint density at radius 1 is 1.16 bits per heavy atom. The van der Waals surface area contributed by atoms with Gasteiger partial charge in [-0.2, -0.15) is 4.74 Å². The molecular formula is C23H24N4O4. The van der Waals surface area contributed by atoms with Crippen LogP contribution >= 0.6 is 0 Å². The molecule has 1 saturated heterocycles. The molecule has 31 heavy (non-hydrogen) atoms. The molecule has 1 aliphatic heterocycles. The zero-order chi connectivity index (χ0) is 22.0. The number of nitrogens with zero attached hydrogens (tertiary/aromatic N) is 3. The average molecular weight is 420 g/mol. The number of quaternary nitrogens is 1. The molecule has 8 nitrogen and oxygen atoms in total. The van der Waals surface area contributed by atoms with Crippen molar-refractivity contribution in [1.29, 1.82) is 0 Å². The number of fused-ring (bicyclic) bond motifs is 1. The molecule has 0 spiro atoms. The normalized spacial score (nSPS) is 18.8. The maximum atomic E-state index is 13.4. The van der Waals surface area contributed by atoms with Crippen LogP contribution in [0.4, 0.5) is 16.2 Å². The van der Waals surface area contributed by atoms with E-state index >= 15 is 0 Å². The van der Waals surface area contributed by atoms with Crippen molar-refractivity contribution in [3.05, 3.63) is 83.0 Å². The minimum Gasteiger partial charge on any atom is -0.630 e. The van der Waals surface area contributed by atoms with E-state index in [1.165, 1.54) is 0 Å². The van der Waals surface area contributed by atoms with E-state index in [1.54, 1.807) is 35.3 Å². The summed E-state index contributed by atoms with van der Waals surface area (Å²) in [4.78, 5) is 16.4. The second kappa shape index (κ2) is 8.73. The van der Waals surface area contributed by atoms with Gasteiger partial charge in [-0.25, -0.2) is 4.79 Å². The summed E-state index contributed by atoms with van der Waals surface area (Å²) in [7, 11) is 2.00. The van der Waals surface area contributed by atoms with Gasteiger partial charge < -0.3 is 30.4 Å². The van der Waals surface area contributed by atoms with Gasteiger partial charge in [0.2, 0.25) is 11.4 Å². The summed E-state index contributed by atoms with van der Waals surface area (Å²) in [5.41, 5.74) is 1.55. The predicted octanol–water partition coefficient (Wildman–Crippen LogP) is 2.51. The van der Waals surface area contributed by atoms with E-state index in [2.05, 4.69) is 11.5 Å². The second-order valence-corrected chi connectivity index (χ2v) is 7.59. The summed E-state index contributed by atoms with van der Waals surface area (Å²) in [5, 5.41) is 26.8. The first-order chi connectivity index (χ1) is 15.0. The minimum atomic E-state index is -0.512. The summed E-state index contributed by atoms with van der Waals surface area (Å²) in [6.07, 6.45) is 4.38. The van der Waals surface area contributed by atoms with Gasteiger partial charge in [-0.1, -0.05) is 36.9 Å². The Morgan fingerprint density at radius 2 is 1.84 bits per heavy atom. The van der Waals surface area contributed by atoms with E-state index in [-0.39, 0.29) is 22.8 Å². The Kier molecular flexibility index (Phi) is 5.85. The number of rotatable bonds is 3. The molecule has 1 amide bonds. The van der Waals surface area contributed by atoms with Crippen LogP contribution in [0.25, 0.3) is 10.8 Å². The van der Waals surface area contributed by atoms with Crippen LogP contribution in [-0.4, -0.2) is 59.6 Å². The highest BCUT2D eigenvalue weighted by atomic mass is 16.6. The lowest BCUT2D eigenvalue weighted by atomic mass is 10.0. The lowest BCUT2D eigenvalue weighted by Crippen LogP contribution is -2.70. The minimum absolute atomic E-state index is 0.100. The van der Waals surface area contributed by atoms with E-state index in [9.17, 15) is 15.2 Å². The molecule has 1 aliphatic carbocycles. The van der Waals surface area contributed by atoms with Crippen molar-refractivity contribution >= 4 is 34.0 Å². The van der Waals surface area contributed by atoms with Gasteiger partial charge in [0.25, 0.3) is 11.4 Å². The summed E-state index contributed by atoms with van der Waals surface area (Å²) < 4.78 is 6.22. The Bertz CT molecular complexity index is 1130. The largest absolute Gasteiger partial charge is 0.630 e. The van der Waals surface area contributed by atoms with Gasteiger partial charge in [0.05, 0.1) is 0 Å². The van der Waals surface area contributed by atoms with Crippen LogP contribution in [0.15, 0.2) is 72.5 Å². The van der Waals surface area contributed by atoms with E-state index in [4.69, 9.17) is 4.74 Å². The van der Waals surface area contributed by atoms with Crippen LogP contribution < -0.4 is 5.48 Å². The molecule has 2 aromatic rings. The third-order valence-corrected chi connectivity index (χ3v) is 5.49. The number of nitrogens with two attached hydrogens (primary N) is 1. The van der Waals surface area contributed by atoms with E-state index in [0.29, 0.717) is 28.9 Å². The number of hydrogen-bond donors (Lipinski definition) is 1. The van der Waals surface area contributed by atoms with Gasteiger partial charge in [0.1, 0.15) is 0 Å². The molecular weight excluding hydrogens is 396 g/mol. The molecule has 2 aliphatic rings. The lowest BCUT2D eigenvalue weighted by molar-refractivity contribution is -0.505.